The lowest BCUT2D eigenvalue weighted by Gasteiger charge is -2.12. The lowest BCUT2D eigenvalue weighted by molar-refractivity contribution is 0.0857. The van der Waals surface area contributed by atoms with E-state index in [4.69, 9.17) is 21.7 Å². The van der Waals surface area contributed by atoms with Crippen molar-refractivity contribution in [2.24, 2.45) is 0 Å². The molecule has 1 aliphatic rings. The number of amides is 2. The van der Waals surface area contributed by atoms with Gasteiger partial charge >= 0.3 is 0 Å². The molecule has 3 N–H and O–H groups in total. The highest BCUT2D eigenvalue weighted by Crippen LogP contribution is 2.15. The highest BCUT2D eigenvalue weighted by Gasteiger charge is 2.16. The highest BCUT2D eigenvalue weighted by molar-refractivity contribution is 7.80. The van der Waals surface area contributed by atoms with E-state index in [1.165, 1.54) is 0 Å². The predicted molar refractivity (Wildman–Crippen MR) is 124 cm³/mol. The minimum Gasteiger partial charge on any atom is -0.491 e. The molecule has 1 saturated heterocycles. The molecule has 0 aromatic heterocycles. The maximum Gasteiger partial charge on any atom is 0.257 e. The zero-order valence-electron chi connectivity index (χ0n) is 17.6. The van der Waals surface area contributed by atoms with Crippen LogP contribution in [0.25, 0.3) is 0 Å². The zero-order chi connectivity index (χ0) is 22.2. The SMILES string of the molecule is CC(C)Oc1ccc(C(=O)NC(=S)Nc2ccc(C(=O)NCC3CCCO3)cc2)cc1. The summed E-state index contributed by atoms with van der Waals surface area (Å²) in [5.41, 5.74) is 1.68. The number of nitrogens with one attached hydrogen (secondary N) is 3. The third kappa shape index (κ3) is 7.04. The van der Waals surface area contributed by atoms with E-state index in [9.17, 15) is 9.59 Å². The minimum atomic E-state index is -0.321. The van der Waals surface area contributed by atoms with Gasteiger partial charge in [0.1, 0.15) is 5.75 Å². The van der Waals surface area contributed by atoms with Gasteiger partial charge in [0, 0.05) is 30.0 Å². The molecule has 0 spiro atoms. The summed E-state index contributed by atoms with van der Waals surface area (Å²) in [4.78, 5) is 24.6. The van der Waals surface area contributed by atoms with E-state index >= 15 is 0 Å². The van der Waals surface area contributed by atoms with Gasteiger partial charge in [0.25, 0.3) is 11.8 Å². The summed E-state index contributed by atoms with van der Waals surface area (Å²) in [6.45, 7) is 5.15. The summed E-state index contributed by atoms with van der Waals surface area (Å²) in [7, 11) is 0. The number of hydrogen-bond donors (Lipinski definition) is 3. The normalized spacial score (nSPS) is 15.4. The van der Waals surface area contributed by atoms with Crippen molar-refractivity contribution in [1.29, 1.82) is 0 Å². The molecular formula is C23H27N3O4S. The lowest BCUT2D eigenvalue weighted by atomic mass is 10.2. The molecular weight excluding hydrogens is 414 g/mol. The molecule has 0 aliphatic carbocycles. The van der Waals surface area contributed by atoms with Crippen LogP contribution >= 0.6 is 12.2 Å². The van der Waals surface area contributed by atoms with Crippen molar-refractivity contribution in [3.63, 3.8) is 0 Å². The fourth-order valence-corrected chi connectivity index (χ4v) is 3.32. The van der Waals surface area contributed by atoms with Crippen molar-refractivity contribution >= 4 is 34.8 Å². The summed E-state index contributed by atoms with van der Waals surface area (Å²) in [6, 6.07) is 13.7. The van der Waals surface area contributed by atoms with Crippen molar-refractivity contribution < 1.29 is 19.1 Å². The molecule has 1 fully saturated rings. The zero-order valence-corrected chi connectivity index (χ0v) is 18.5. The predicted octanol–water partition coefficient (Wildman–Crippen LogP) is 3.51. The topological polar surface area (TPSA) is 88.7 Å². The molecule has 0 radical (unpaired) electrons. The number of rotatable bonds is 7. The Morgan fingerprint density at radius 2 is 1.71 bits per heavy atom. The fourth-order valence-electron chi connectivity index (χ4n) is 3.11. The number of benzene rings is 2. The molecule has 2 aromatic carbocycles. The van der Waals surface area contributed by atoms with E-state index in [0.29, 0.717) is 29.1 Å². The minimum absolute atomic E-state index is 0.0650. The fraction of sp³-hybridized carbons (Fsp3) is 0.348. The van der Waals surface area contributed by atoms with Crippen molar-refractivity contribution in [3.05, 3.63) is 59.7 Å². The molecule has 31 heavy (non-hydrogen) atoms. The van der Waals surface area contributed by atoms with Crippen LogP contribution in [-0.2, 0) is 4.74 Å². The summed E-state index contributed by atoms with van der Waals surface area (Å²) >= 11 is 5.22. The molecule has 1 heterocycles. The molecule has 1 unspecified atom stereocenters. The molecule has 1 atom stereocenters. The molecule has 2 amide bonds. The third-order valence-electron chi connectivity index (χ3n) is 4.63. The number of ether oxygens (including phenoxy) is 2. The van der Waals surface area contributed by atoms with Crippen LogP contribution in [-0.4, -0.2) is 42.3 Å². The third-order valence-corrected chi connectivity index (χ3v) is 4.84. The van der Waals surface area contributed by atoms with Crippen molar-refractivity contribution in [2.75, 3.05) is 18.5 Å². The average Bonchev–Trinajstić information content (AvgIpc) is 3.26. The van der Waals surface area contributed by atoms with E-state index < -0.39 is 0 Å². The second-order valence-electron chi connectivity index (χ2n) is 7.52. The summed E-state index contributed by atoms with van der Waals surface area (Å²) in [5, 5.41) is 8.64. The lowest BCUT2D eigenvalue weighted by Crippen LogP contribution is -2.34. The summed E-state index contributed by atoms with van der Waals surface area (Å²) < 4.78 is 11.1. The van der Waals surface area contributed by atoms with Crippen LogP contribution in [0.5, 0.6) is 5.75 Å². The smallest absolute Gasteiger partial charge is 0.257 e. The standard InChI is InChI=1S/C23H27N3O4S/c1-15(2)30-19-11-7-17(8-12-19)22(28)26-23(31)25-18-9-5-16(6-10-18)21(27)24-14-20-4-3-13-29-20/h5-12,15,20H,3-4,13-14H2,1-2H3,(H,24,27)(H2,25,26,28,31). The Kier molecular flexibility index (Phi) is 7.97. The number of carbonyl (C=O) groups is 2. The van der Waals surface area contributed by atoms with Gasteiger partial charge in [0.05, 0.1) is 12.2 Å². The van der Waals surface area contributed by atoms with Crippen LogP contribution in [0.4, 0.5) is 5.69 Å². The van der Waals surface area contributed by atoms with E-state index in [2.05, 4.69) is 16.0 Å². The van der Waals surface area contributed by atoms with Gasteiger partial charge in [-0.1, -0.05) is 0 Å². The van der Waals surface area contributed by atoms with Gasteiger partial charge in [-0.05, 0) is 87.4 Å². The molecule has 0 saturated carbocycles. The van der Waals surface area contributed by atoms with Gasteiger partial charge in [-0.25, -0.2) is 0 Å². The quantitative estimate of drug-likeness (QED) is 0.570. The summed E-state index contributed by atoms with van der Waals surface area (Å²) in [5.74, 6) is 0.230. The van der Waals surface area contributed by atoms with Crippen LogP contribution in [0, 0.1) is 0 Å². The van der Waals surface area contributed by atoms with Crippen molar-refractivity contribution in [2.45, 2.75) is 38.9 Å². The first-order valence-electron chi connectivity index (χ1n) is 10.3. The average molecular weight is 442 g/mol. The highest BCUT2D eigenvalue weighted by atomic mass is 32.1. The number of thiocarbonyl (C=S) groups is 1. The van der Waals surface area contributed by atoms with E-state index in [-0.39, 0.29) is 29.1 Å². The Hall–Kier alpha value is -2.97. The molecule has 164 valence electrons. The van der Waals surface area contributed by atoms with Crippen LogP contribution in [0.1, 0.15) is 47.4 Å². The first-order valence-corrected chi connectivity index (χ1v) is 10.7. The van der Waals surface area contributed by atoms with Crippen molar-refractivity contribution in [3.8, 4) is 5.75 Å². The van der Waals surface area contributed by atoms with Crippen LogP contribution in [0.15, 0.2) is 48.5 Å². The van der Waals surface area contributed by atoms with Gasteiger partial charge in [0.15, 0.2) is 5.11 Å². The number of anilines is 1. The molecule has 0 bridgehead atoms. The molecule has 2 aromatic rings. The van der Waals surface area contributed by atoms with Gasteiger partial charge in [0.2, 0.25) is 0 Å². The van der Waals surface area contributed by atoms with Gasteiger partial charge in [-0.15, -0.1) is 0 Å². The second-order valence-corrected chi connectivity index (χ2v) is 7.93. The van der Waals surface area contributed by atoms with E-state index in [1.807, 2.05) is 13.8 Å². The second kappa shape index (κ2) is 10.9. The van der Waals surface area contributed by atoms with Crippen LogP contribution < -0.4 is 20.7 Å². The largest absolute Gasteiger partial charge is 0.491 e. The molecule has 8 heteroatoms. The molecule has 7 nitrogen and oxygen atoms in total. The Bertz CT molecular complexity index is 907. The van der Waals surface area contributed by atoms with Gasteiger partial charge < -0.3 is 20.1 Å². The Balaban J connectivity index is 1.47. The monoisotopic (exact) mass is 441 g/mol. The van der Waals surface area contributed by atoms with Crippen LogP contribution in [0.3, 0.4) is 0 Å². The van der Waals surface area contributed by atoms with E-state index in [1.54, 1.807) is 48.5 Å². The van der Waals surface area contributed by atoms with Gasteiger partial charge in [-0.2, -0.15) is 0 Å². The molecule has 3 rings (SSSR count). The summed E-state index contributed by atoms with van der Waals surface area (Å²) in [6.07, 6.45) is 2.18. The maximum atomic E-state index is 12.4. The first-order chi connectivity index (χ1) is 14.9. The number of carbonyl (C=O) groups excluding carboxylic acids is 2. The van der Waals surface area contributed by atoms with Gasteiger partial charge in [-0.3, -0.25) is 14.9 Å². The maximum absolute atomic E-state index is 12.4. The first kappa shape index (κ1) is 22.7. The molecule has 1 aliphatic heterocycles. The Morgan fingerprint density at radius 3 is 2.32 bits per heavy atom. The number of hydrogen-bond acceptors (Lipinski definition) is 5. The Morgan fingerprint density at radius 1 is 1.06 bits per heavy atom. The van der Waals surface area contributed by atoms with E-state index in [0.717, 1.165) is 19.4 Å². The van der Waals surface area contributed by atoms with Crippen LogP contribution in [0.2, 0.25) is 0 Å². The van der Waals surface area contributed by atoms with Crippen molar-refractivity contribution in [1.82, 2.24) is 10.6 Å². The Labute approximate surface area is 187 Å².